The first-order valence-corrected chi connectivity index (χ1v) is 12.1. The molecule has 3 heterocycles. The first-order chi connectivity index (χ1) is 16.0. The third-order valence-electron chi connectivity index (χ3n) is 5.99. The highest BCUT2D eigenvalue weighted by atomic mass is 32.2. The number of aromatic nitrogens is 4. The number of hydrogen-bond donors (Lipinski definition) is 0. The summed E-state index contributed by atoms with van der Waals surface area (Å²) >= 11 is 1.39. The standard InChI is InChI=1S/C25H30N4O3S/c1-5-12-28-24(20-10-6-7-11-23(20)31-4)26-27-25(28)33-16-22(30)21-14-17(2)29(18(21)3)15-19-9-8-13-32-19/h5-7,10-11,14,19H,1,8-9,12-13,15-16H2,2-4H3/t19-/m1/s1. The Morgan fingerprint density at radius 1 is 1.30 bits per heavy atom. The zero-order valence-corrected chi connectivity index (χ0v) is 20.2. The lowest BCUT2D eigenvalue weighted by Gasteiger charge is -2.14. The highest BCUT2D eigenvalue weighted by molar-refractivity contribution is 7.99. The van der Waals surface area contributed by atoms with E-state index in [-0.39, 0.29) is 17.6 Å². The van der Waals surface area contributed by atoms with Gasteiger partial charge in [0.25, 0.3) is 0 Å². The molecule has 1 atom stereocenters. The Balaban J connectivity index is 1.52. The number of carbonyl (C=O) groups is 1. The maximum Gasteiger partial charge on any atom is 0.192 e. The number of rotatable bonds is 10. The van der Waals surface area contributed by atoms with Crippen LogP contribution in [-0.2, 0) is 17.8 Å². The molecule has 0 N–H and O–H groups in total. The molecule has 0 unspecified atom stereocenters. The second-order valence-electron chi connectivity index (χ2n) is 8.15. The van der Waals surface area contributed by atoms with E-state index in [0.29, 0.717) is 17.5 Å². The zero-order valence-electron chi connectivity index (χ0n) is 19.4. The van der Waals surface area contributed by atoms with Gasteiger partial charge in [-0.05, 0) is 44.9 Å². The number of ketones is 1. The molecule has 3 aromatic rings. The summed E-state index contributed by atoms with van der Waals surface area (Å²) in [5, 5.41) is 9.44. The van der Waals surface area contributed by atoms with Gasteiger partial charge in [0.05, 0.1) is 24.5 Å². The van der Waals surface area contributed by atoms with Crippen molar-refractivity contribution >= 4 is 17.5 Å². The van der Waals surface area contributed by atoms with Crippen molar-refractivity contribution in [3.8, 4) is 17.1 Å². The lowest BCUT2D eigenvalue weighted by Crippen LogP contribution is -2.17. The molecule has 0 saturated carbocycles. The van der Waals surface area contributed by atoms with Crippen molar-refractivity contribution in [3.63, 3.8) is 0 Å². The number of carbonyl (C=O) groups excluding carboxylic acids is 1. The monoisotopic (exact) mass is 466 g/mol. The van der Waals surface area contributed by atoms with Gasteiger partial charge in [0.2, 0.25) is 0 Å². The molecule has 8 heteroatoms. The van der Waals surface area contributed by atoms with E-state index in [1.807, 2.05) is 48.7 Å². The lowest BCUT2D eigenvalue weighted by molar-refractivity contribution is 0.0957. The van der Waals surface area contributed by atoms with Crippen LogP contribution in [0.25, 0.3) is 11.4 Å². The van der Waals surface area contributed by atoms with E-state index < -0.39 is 0 Å². The highest BCUT2D eigenvalue weighted by Gasteiger charge is 2.22. The van der Waals surface area contributed by atoms with Gasteiger partial charge in [-0.1, -0.05) is 30.0 Å². The van der Waals surface area contributed by atoms with Crippen LogP contribution in [0, 0.1) is 13.8 Å². The number of Topliss-reactive ketones (excluding diaryl/α,β-unsaturated/α-hetero) is 1. The molecular formula is C25H30N4O3S. The number of allylic oxidation sites excluding steroid dienone is 1. The van der Waals surface area contributed by atoms with Crippen LogP contribution >= 0.6 is 11.8 Å². The van der Waals surface area contributed by atoms with Crippen molar-refractivity contribution in [3.05, 3.63) is 59.9 Å². The molecule has 1 aliphatic heterocycles. The number of ether oxygens (including phenoxy) is 2. The van der Waals surface area contributed by atoms with E-state index in [1.54, 1.807) is 13.2 Å². The van der Waals surface area contributed by atoms with Crippen LogP contribution in [0.2, 0.25) is 0 Å². The fraction of sp³-hybridized carbons (Fsp3) is 0.400. The average molecular weight is 467 g/mol. The van der Waals surface area contributed by atoms with Crippen LogP contribution in [0.3, 0.4) is 0 Å². The Kier molecular flexibility index (Phi) is 7.35. The molecule has 1 aliphatic rings. The Morgan fingerprint density at radius 2 is 2.12 bits per heavy atom. The Labute approximate surface area is 198 Å². The van der Waals surface area contributed by atoms with Gasteiger partial charge in [0.1, 0.15) is 5.75 Å². The normalized spacial score (nSPS) is 15.7. The second-order valence-corrected chi connectivity index (χ2v) is 9.09. The van der Waals surface area contributed by atoms with Gasteiger partial charge in [-0.3, -0.25) is 9.36 Å². The molecule has 33 heavy (non-hydrogen) atoms. The van der Waals surface area contributed by atoms with E-state index in [2.05, 4.69) is 21.3 Å². The minimum absolute atomic E-state index is 0.0821. The maximum atomic E-state index is 13.1. The molecule has 0 radical (unpaired) electrons. The van der Waals surface area contributed by atoms with Gasteiger partial charge >= 0.3 is 0 Å². The third-order valence-corrected chi connectivity index (χ3v) is 6.96. The number of para-hydroxylation sites is 1. The van der Waals surface area contributed by atoms with E-state index in [1.165, 1.54) is 11.8 Å². The topological polar surface area (TPSA) is 71.2 Å². The van der Waals surface area contributed by atoms with Crippen LogP contribution in [0.15, 0.2) is 48.1 Å². The summed E-state index contributed by atoms with van der Waals surface area (Å²) in [6.45, 7) is 10.1. The van der Waals surface area contributed by atoms with Crippen LogP contribution in [0.5, 0.6) is 5.75 Å². The fourth-order valence-corrected chi connectivity index (χ4v) is 5.11. The van der Waals surface area contributed by atoms with Crippen molar-refractivity contribution in [1.29, 1.82) is 0 Å². The maximum absolute atomic E-state index is 13.1. The first kappa shape index (κ1) is 23.3. The van der Waals surface area contributed by atoms with Crippen molar-refractivity contribution in [2.45, 2.75) is 51.0 Å². The smallest absolute Gasteiger partial charge is 0.192 e. The number of thioether (sulfide) groups is 1. The summed E-state index contributed by atoms with van der Waals surface area (Å²) < 4.78 is 15.4. The molecular weight excluding hydrogens is 436 g/mol. The van der Waals surface area contributed by atoms with E-state index in [4.69, 9.17) is 9.47 Å². The van der Waals surface area contributed by atoms with Gasteiger partial charge in [0.15, 0.2) is 16.8 Å². The van der Waals surface area contributed by atoms with Crippen molar-refractivity contribution in [1.82, 2.24) is 19.3 Å². The van der Waals surface area contributed by atoms with Crippen molar-refractivity contribution in [2.24, 2.45) is 0 Å². The van der Waals surface area contributed by atoms with Gasteiger partial charge in [-0.15, -0.1) is 16.8 Å². The molecule has 0 bridgehead atoms. The SMILES string of the molecule is C=CCn1c(SCC(=O)c2cc(C)n(C[C@H]3CCCO3)c2C)nnc1-c1ccccc1OC. The van der Waals surface area contributed by atoms with Crippen LogP contribution in [0.4, 0.5) is 0 Å². The number of aryl methyl sites for hydroxylation is 1. The summed E-state index contributed by atoms with van der Waals surface area (Å²) in [6.07, 6.45) is 4.21. The Hall–Kier alpha value is -2.84. The van der Waals surface area contributed by atoms with Gasteiger partial charge in [0, 0.05) is 36.6 Å². The zero-order chi connectivity index (χ0) is 23.4. The molecule has 1 saturated heterocycles. The fourth-order valence-electron chi connectivity index (χ4n) is 4.28. The lowest BCUT2D eigenvalue weighted by atomic mass is 10.2. The van der Waals surface area contributed by atoms with Gasteiger partial charge in [-0.2, -0.15) is 0 Å². The summed E-state index contributed by atoms with van der Waals surface area (Å²) in [6, 6.07) is 9.69. The minimum Gasteiger partial charge on any atom is -0.496 e. The summed E-state index contributed by atoms with van der Waals surface area (Å²) in [5.74, 6) is 1.78. The largest absolute Gasteiger partial charge is 0.496 e. The quantitative estimate of drug-likeness (QED) is 0.245. The van der Waals surface area contributed by atoms with E-state index in [0.717, 1.165) is 54.3 Å². The number of methoxy groups -OCH3 is 1. The van der Waals surface area contributed by atoms with Gasteiger partial charge in [-0.25, -0.2) is 0 Å². The second kappa shape index (κ2) is 10.4. The predicted molar refractivity (Wildman–Crippen MR) is 130 cm³/mol. The molecule has 7 nitrogen and oxygen atoms in total. The molecule has 4 rings (SSSR count). The summed E-state index contributed by atoms with van der Waals surface area (Å²) in [4.78, 5) is 13.1. The van der Waals surface area contributed by atoms with E-state index >= 15 is 0 Å². The summed E-state index contributed by atoms with van der Waals surface area (Å²) in [7, 11) is 1.64. The summed E-state index contributed by atoms with van der Waals surface area (Å²) in [5.41, 5.74) is 3.70. The minimum atomic E-state index is 0.0821. The average Bonchev–Trinajstić information content (AvgIpc) is 3.54. The first-order valence-electron chi connectivity index (χ1n) is 11.1. The van der Waals surface area contributed by atoms with Crippen molar-refractivity contribution < 1.29 is 14.3 Å². The van der Waals surface area contributed by atoms with Crippen LogP contribution in [0.1, 0.15) is 34.6 Å². The number of benzene rings is 1. The molecule has 1 fully saturated rings. The molecule has 2 aromatic heterocycles. The number of nitrogens with zero attached hydrogens (tertiary/aromatic N) is 4. The highest BCUT2D eigenvalue weighted by Crippen LogP contribution is 2.31. The Bertz CT molecular complexity index is 1140. The Morgan fingerprint density at radius 3 is 2.85 bits per heavy atom. The van der Waals surface area contributed by atoms with Crippen LogP contribution in [-0.4, -0.2) is 50.7 Å². The third kappa shape index (κ3) is 4.91. The predicted octanol–water partition coefficient (Wildman–Crippen LogP) is 4.71. The van der Waals surface area contributed by atoms with E-state index in [9.17, 15) is 4.79 Å². The molecule has 1 aromatic carbocycles. The number of hydrogen-bond acceptors (Lipinski definition) is 6. The molecule has 0 amide bonds. The van der Waals surface area contributed by atoms with Crippen LogP contribution < -0.4 is 4.74 Å². The van der Waals surface area contributed by atoms with Gasteiger partial charge < -0.3 is 14.0 Å². The van der Waals surface area contributed by atoms with Crippen molar-refractivity contribution in [2.75, 3.05) is 19.5 Å². The molecule has 0 aliphatic carbocycles. The molecule has 174 valence electrons. The molecule has 0 spiro atoms.